The van der Waals surface area contributed by atoms with Crippen LogP contribution in [-0.4, -0.2) is 5.91 Å². The Balaban J connectivity index is 2.79. The standard InChI is InChI=1S/C14H13ClN4O/c1-2-3-14(20)19-13-5-4-11(6-12(13)15)18-9-10(7-16)8-17/h4-6,9,18H,2-3H2,1H3,(H,19,20). The van der Waals surface area contributed by atoms with Gasteiger partial charge in [0.05, 0.1) is 10.7 Å². The Morgan fingerprint density at radius 2 is 2.10 bits per heavy atom. The minimum absolute atomic E-state index is 0.0403. The second kappa shape index (κ2) is 7.83. The molecule has 2 N–H and O–H groups in total. The van der Waals surface area contributed by atoms with E-state index in [1.807, 2.05) is 6.92 Å². The van der Waals surface area contributed by atoms with E-state index in [0.717, 1.165) is 6.42 Å². The first-order valence-corrected chi connectivity index (χ1v) is 6.34. The Bertz CT molecular complexity index is 595. The summed E-state index contributed by atoms with van der Waals surface area (Å²) in [5, 5.41) is 23.1. The number of anilines is 2. The van der Waals surface area contributed by atoms with Crippen molar-refractivity contribution < 1.29 is 4.79 Å². The van der Waals surface area contributed by atoms with Gasteiger partial charge in [0, 0.05) is 18.3 Å². The summed E-state index contributed by atoms with van der Waals surface area (Å²) in [7, 11) is 0. The van der Waals surface area contributed by atoms with Crippen LogP contribution in [-0.2, 0) is 4.79 Å². The highest BCUT2D eigenvalue weighted by molar-refractivity contribution is 6.34. The Morgan fingerprint density at radius 3 is 2.65 bits per heavy atom. The van der Waals surface area contributed by atoms with E-state index in [0.29, 0.717) is 22.8 Å². The number of nitrogens with zero attached hydrogens (tertiary/aromatic N) is 2. The van der Waals surface area contributed by atoms with Gasteiger partial charge in [0.15, 0.2) is 0 Å². The number of hydrogen-bond acceptors (Lipinski definition) is 4. The molecule has 0 spiro atoms. The first-order valence-electron chi connectivity index (χ1n) is 5.97. The zero-order chi connectivity index (χ0) is 15.0. The van der Waals surface area contributed by atoms with Crippen molar-refractivity contribution in [2.45, 2.75) is 19.8 Å². The average molecular weight is 289 g/mol. The lowest BCUT2D eigenvalue weighted by Gasteiger charge is -2.08. The molecule has 1 amide bonds. The van der Waals surface area contributed by atoms with Crippen LogP contribution in [0, 0.1) is 22.7 Å². The van der Waals surface area contributed by atoms with Crippen molar-refractivity contribution in [2.24, 2.45) is 0 Å². The van der Waals surface area contributed by atoms with E-state index in [1.54, 1.807) is 30.3 Å². The molecular formula is C14H13ClN4O. The zero-order valence-corrected chi connectivity index (χ0v) is 11.7. The highest BCUT2D eigenvalue weighted by Crippen LogP contribution is 2.25. The molecule has 0 saturated heterocycles. The summed E-state index contributed by atoms with van der Waals surface area (Å²) in [4.78, 5) is 11.5. The quantitative estimate of drug-likeness (QED) is 0.812. The predicted octanol–water partition coefficient (Wildman–Crippen LogP) is 3.42. The van der Waals surface area contributed by atoms with E-state index in [2.05, 4.69) is 10.6 Å². The van der Waals surface area contributed by atoms with Crippen molar-refractivity contribution >= 4 is 28.9 Å². The summed E-state index contributed by atoms with van der Waals surface area (Å²) in [6, 6.07) is 8.42. The van der Waals surface area contributed by atoms with E-state index in [4.69, 9.17) is 22.1 Å². The summed E-state index contributed by atoms with van der Waals surface area (Å²) >= 11 is 6.05. The molecular weight excluding hydrogens is 276 g/mol. The Kier molecular flexibility index (Phi) is 6.09. The van der Waals surface area contributed by atoms with E-state index in [-0.39, 0.29) is 11.5 Å². The maximum Gasteiger partial charge on any atom is 0.224 e. The molecule has 5 nitrogen and oxygen atoms in total. The third kappa shape index (κ3) is 4.64. The molecule has 0 fully saturated rings. The highest BCUT2D eigenvalue weighted by atomic mass is 35.5. The molecule has 0 aliphatic rings. The van der Waals surface area contributed by atoms with Gasteiger partial charge in [-0.15, -0.1) is 0 Å². The molecule has 6 heteroatoms. The number of rotatable bonds is 5. The van der Waals surface area contributed by atoms with Gasteiger partial charge < -0.3 is 10.6 Å². The van der Waals surface area contributed by atoms with Crippen LogP contribution in [0.5, 0.6) is 0 Å². The number of amides is 1. The fraction of sp³-hybridized carbons (Fsp3) is 0.214. The number of halogens is 1. The summed E-state index contributed by atoms with van der Waals surface area (Å²) < 4.78 is 0. The molecule has 102 valence electrons. The molecule has 0 aromatic heterocycles. The lowest BCUT2D eigenvalue weighted by atomic mass is 10.2. The number of allylic oxidation sites excluding steroid dienone is 1. The van der Waals surface area contributed by atoms with Crippen LogP contribution in [0.1, 0.15) is 19.8 Å². The Labute approximate surface area is 122 Å². The van der Waals surface area contributed by atoms with Gasteiger partial charge in [0.2, 0.25) is 5.91 Å². The van der Waals surface area contributed by atoms with E-state index >= 15 is 0 Å². The average Bonchev–Trinajstić information content (AvgIpc) is 2.43. The predicted molar refractivity (Wildman–Crippen MR) is 77.9 cm³/mol. The molecule has 1 aromatic rings. The number of nitriles is 2. The van der Waals surface area contributed by atoms with E-state index in [9.17, 15) is 4.79 Å². The van der Waals surface area contributed by atoms with Crippen LogP contribution in [0.25, 0.3) is 0 Å². The first-order chi connectivity index (χ1) is 9.60. The van der Waals surface area contributed by atoms with Crippen molar-refractivity contribution in [1.29, 1.82) is 10.5 Å². The van der Waals surface area contributed by atoms with Gasteiger partial charge in [-0.3, -0.25) is 4.79 Å². The molecule has 0 aliphatic heterocycles. The second-order valence-corrected chi connectivity index (χ2v) is 4.33. The molecule has 1 aromatic carbocycles. The normalized spacial score (nSPS) is 9.00. The van der Waals surface area contributed by atoms with Crippen molar-refractivity contribution in [2.75, 3.05) is 10.6 Å². The van der Waals surface area contributed by atoms with Gasteiger partial charge in [0.25, 0.3) is 0 Å². The smallest absolute Gasteiger partial charge is 0.224 e. The van der Waals surface area contributed by atoms with Gasteiger partial charge in [-0.2, -0.15) is 10.5 Å². The first kappa shape index (κ1) is 15.6. The van der Waals surface area contributed by atoms with Gasteiger partial charge in [-0.1, -0.05) is 18.5 Å². The fourth-order valence-corrected chi connectivity index (χ4v) is 1.62. The largest absolute Gasteiger partial charge is 0.360 e. The van der Waals surface area contributed by atoms with Crippen molar-refractivity contribution in [3.05, 3.63) is 35.0 Å². The third-order valence-electron chi connectivity index (χ3n) is 2.34. The van der Waals surface area contributed by atoms with Crippen LogP contribution >= 0.6 is 11.6 Å². The van der Waals surface area contributed by atoms with Gasteiger partial charge in [-0.25, -0.2) is 0 Å². The van der Waals surface area contributed by atoms with Crippen molar-refractivity contribution in [3.8, 4) is 12.1 Å². The van der Waals surface area contributed by atoms with Crippen molar-refractivity contribution in [1.82, 2.24) is 0 Å². The van der Waals surface area contributed by atoms with Crippen molar-refractivity contribution in [3.63, 3.8) is 0 Å². The Hall–Kier alpha value is -2.50. The van der Waals surface area contributed by atoms with Crippen LogP contribution in [0.4, 0.5) is 11.4 Å². The molecule has 20 heavy (non-hydrogen) atoms. The maximum absolute atomic E-state index is 11.5. The minimum Gasteiger partial charge on any atom is -0.360 e. The number of carbonyl (C=O) groups excluding carboxylic acids is 1. The highest BCUT2D eigenvalue weighted by Gasteiger charge is 2.05. The van der Waals surface area contributed by atoms with Crippen LogP contribution < -0.4 is 10.6 Å². The third-order valence-corrected chi connectivity index (χ3v) is 2.66. The summed E-state index contributed by atoms with van der Waals surface area (Å²) in [5.41, 5.74) is 1.10. The monoisotopic (exact) mass is 288 g/mol. The molecule has 0 saturated carbocycles. The van der Waals surface area contributed by atoms with Crippen LogP contribution in [0.3, 0.4) is 0 Å². The number of hydrogen-bond donors (Lipinski definition) is 2. The van der Waals surface area contributed by atoms with Gasteiger partial charge in [0.1, 0.15) is 17.7 Å². The molecule has 0 radical (unpaired) electrons. The Morgan fingerprint density at radius 1 is 1.40 bits per heavy atom. The molecule has 0 bridgehead atoms. The summed E-state index contributed by atoms with van der Waals surface area (Å²) in [6.07, 6.45) is 2.49. The number of nitrogens with one attached hydrogen (secondary N) is 2. The molecule has 0 aliphatic carbocycles. The minimum atomic E-state index is -0.0914. The summed E-state index contributed by atoms with van der Waals surface area (Å²) in [5.74, 6) is -0.0914. The van der Waals surface area contributed by atoms with Crippen LogP contribution in [0.15, 0.2) is 30.0 Å². The lowest BCUT2D eigenvalue weighted by molar-refractivity contribution is -0.116. The summed E-state index contributed by atoms with van der Waals surface area (Å²) in [6.45, 7) is 1.92. The number of benzene rings is 1. The van der Waals surface area contributed by atoms with Crippen LogP contribution in [0.2, 0.25) is 5.02 Å². The van der Waals surface area contributed by atoms with Gasteiger partial charge in [-0.05, 0) is 24.6 Å². The zero-order valence-electron chi connectivity index (χ0n) is 10.9. The van der Waals surface area contributed by atoms with Gasteiger partial charge >= 0.3 is 0 Å². The molecule has 0 unspecified atom stereocenters. The maximum atomic E-state index is 11.5. The number of carbonyl (C=O) groups is 1. The van der Waals surface area contributed by atoms with E-state index in [1.165, 1.54) is 6.20 Å². The van der Waals surface area contributed by atoms with E-state index < -0.39 is 0 Å². The molecule has 0 heterocycles. The second-order valence-electron chi connectivity index (χ2n) is 3.92. The lowest BCUT2D eigenvalue weighted by Crippen LogP contribution is -2.10. The molecule has 1 rings (SSSR count). The SMILES string of the molecule is CCCC(=O)Nc1ccc(NC=C(C#N)C#N)cc1Cl. The molecule has 0 atom stereocenters. The topological polar surface area (TPSA) is 88.7 Å². The fourth-order valence-electron chi connectivity index (χ4n) is 1.39.